The highest BCUT2D eigenvalue weighted by molar-refractivity contribution is 5.84. The summed E-state index contributed by atoms with van der Waals surface area (Å²) in [4.78, 5) is 21.6. The molecular weight excluding hydrogens is 262 g/mol. The van der Waals surface area contributed by atoms with Crippen molar-refractivity contribution >= 4 is 11.6 Å². The summed E-state index contributed by atoms with van der Waals surface area (Å²) in [5, 5.41) is 0. The standard InChI is InChI=1S/C12H24O.C6H11NO/c1-3-5-6-7-8-9-10-11-12(13)4-2;7-5-3-1-2-4-6(5)8/h3-11H2,1-2H3;5H,1-4,7H2. The summed E-state index contributed by atoms with van der Waals surface area (Å²) in [7, 11) is 0. The van der Waals surface area contributed by atoms with Crippen LogP contribution in [0.25, 0.3) is 0 Å². The molecule has 0 aliphatic heterocycles. The molecule has 1 rings (SSSR count). The van der Waals surface area contributed by atoms with E-state index in [1.165, 1.54) is 38.5 Å². The van der Waals surface area contributed by atoms with E-state index in [1.54, 1.807) is 0 Å². The van der Waals surface area contributed by atoms with Gasteiger partial charge in [0.2, 0.25) is 0 Å². The average Bonchev–Trinajstić information content (AvgIpc) is 2.50. The van der Waals surface area contributed by atoms with E-state index in [0.717, 1.165) is 38.5 Å². The lowest BCUT2D eigenvalue weighted by atomic mass is 9.95. The quantitative estimate of drug-likeness (QED) is 0.634. The summed E-state index contributed by atoms with van der Waals surface area (Å²) in [6.07, 6.45) is 14.4. The molecular formula is C18H35NO2. The molecule has 0 aromatic carbocycles. The number of Topliss-reactive ketones (excluding diaryl/α,β-unsaturated/α-hetero) is 2. The van der Waals surface area contributed by atoms with Crippen LogP contribution in [0.3, 0.4) is 0 Å². The van der Waals surface area contributed by atoms with Gasteiger partial charge < -0.3 is 5.73 Å². The van der Waals surface area contributed by atoms with Gasteiger partial charge in [0.05, 0.1) is 6.04 Å². The highest BCUT2D eigenvalue weighted by Gasteiger charge is 2.16. The van der Waals surface area contributed by atoms with Gasteiger partial charge in [-0.05, 0) is 19.3 Å². The normalized spacial score (nSPS) is 18.0. The van der Waals surface area contributed by atoms with E-state index >= 15 is 0 Å². The van der Waals surface area contributed by atoms with Crippen molar-refractivity contribution in [2.45, 2.75) is 103 Å². The van der Waals surface area contributed by atoms with E-state index < -0.39 is 0 Å². The van der Waals surface area contributed by atoms with Crippen LogP contribution in [0.5, 0.6) is 0 Å². The molecule has 21 heavy (non-hydrogen) atoms. The molecule has 0 amide bonds. The number of hydrogen-bond donors (Lipinski definition) is 1. The Balaban J connectivity index is 0.000000423. The van der Waals surface area contributed by atoms with Gasteiger partial charge in [0.25, 0.3) is 0 Å². The fourth-order valence-electron chi connectivity index (χ4n) is 2.47. The van der Waals surface area contributed by atoms with E-state index in [-0.39, 0.29) is 11.8 Å². The number of unbranched alkanes of at least 4 members (excludes halogenated alkanes) is 6. The average molecular weight is 297 g/mol. The van der Waals surface area contributed by atoms with Crippen LogP contribution >= 0.6 is 0 Å². The third-order valence-corrected chi connectivity index (χ3v) is 4.06. The van der Waals surface area contributed by atoms with Crippen molar-refractivity contribution in [1.29, 1.82) is 0 Å². The van der Waals surface area contributed by atoms with E-state index in [0.29, 0.717) is 12.2 Å². The lowest BCUT2D eigenvalue weighted by Crippen LogP contribution is -2.32. The summed E-state index contributed by atoms with van der Waals surface area (Å²) >= 11 is 0. The Morgan fingerprint density at radius 1 is 1.05 bits per heavy atom. The summed E-state index contributed by atoms with van der Waals surface area (Å²) < 4.78 is 0. The van der Waals surface area contributed by atoms with Gasteiger partial charge >= 0.3 is 0 Å². The van der Waals surface area contributed by atoms with Gasteiger partial charge in [-0.15, -0.1) is 0 Å². The van der Waals surface area contributed by atoms with Crippen molar-refractivity contribution in [1.82, 2.24) is 0 Å². The number of nitrogens with two attached hydrogens (primary N) is 1. The summed E-state index contributed by atoms with van der Waals surface area (Å²) in [5.41, 5.74) is 5.43. The number of rotatable bonds is 9. The molecule has 3 nitrogen and oxygen atoms in total. The summed E-state index contributed by atoms with van der Waals surface area (Å²) in [6.45, 7) is 4.18. The number of carbonyl (C=O) groups excluding carboxylic acids is 2. The van der Waals surface area contributed by atoms with Crippen LogP contribution < -0.4 is 5.73 Å². The first kappa shape index (κ1) is 20.3. The van der Waals surface area contributed by atoms with Crippen molar-refractivity contribution in [3.8, 4) is 0 Å². The lowest BCUT2D eigenvalue weighted by molar-refractivity contribution is -0.121. The Bertz CT molecular complexity index is 276. The maximum absolute atomic E-state index is 10.9. The largest absolute Gasteiger partial charge is 0.322 e. The zero-order valence-electron chi connectivity index (χ0n) is 14.2. The van der Waals surface area contributed by atoms with Crippen LogP contribution in [0, 0.1) is 0 Å². The first-order valence-corrected chi connectivity index (χ1v) is 8.91. The number of carbonyl (C=O) groups is 2. The van der Waals surface area contributed by atoms with E-state index in [1.807, 2.05) is 6.92 Å². The molecule has 1 atom stereocenters. The Kier molecular flexibility index (Phi) is 13.8. The van der Waals surface area contributed by atoms with Gasteiger partial charge in [0.15, 0.2) is 0 Å². The first-order chi connectivity index (χ1) is 10.1. The van der Waals surface area contributed by atoms with Gasteiger partial charge in [0, 0.05) is 19.3 Å². The van der Waals surface area contributed by atoms with Crippen LogP contribution in [0.15, 0.2) is 0 Å². The minimum atomic E-state index is -0.135. The predicted octanol–water partition coefficient (Wildman–Crippen LogP) is 4.56. The molecule has 0 saturated heterocycles. The number of hydrogen-bond acceptors (Lipinski definition) is 3. The second-order valence-electron chi connectivity index (χ2n) is 6.08. The highest BCUT2D eigenvalue weighted by Crippen LogP contribution is 2.12. The molecule has 0 aromatic heterocycles. The van der Waals surface area contributed by atoms with E-state index in [4.69, 9.17) is 5.73 Å². The predicted molar refractivity (Wildman–Crippen MR) is 89.4 cm³/mol. The lowest BCUT2D eigenvalue weighted by Gasteiger charge is -2.14. The van der Waals surface area contributed by atoms with Crippen LogP contribution in [0.4, 0.5) is 0 Å². The maximum Gasteiger partial charge on any atom is 0.149 e. The smallest absolute Gasteiger partial charge is 0.149 e. The summed E-state index contributed by atoms with van der Waals surface area (Å²) in [5.74, 6) is 0.671. The van der Waals surface area contributed by atoms with Gasteiger partial charge in [-0.25, -0.2) is 0 Å². The van der Waals surface area contributed by atoms with Crippen LogP contribution in [0.1, 0.15) is 97.3 Å². The van der Waals surface area contributed by atoms with Crippen molar-refractivity contribution in [3.63, 3.8) is 0 Å². The molecule has 1 aliphatic rings. The monoisotopic (exact) mass is 297 g/mol. The van der Waals surface area contributed by atoms with Crippen molar-refractivity contribution in [3.05, 3.63) is 0 Å². The maximum atomic E-state index is 10.9. The minimum Gasteiger partial charge on any atom is -0.322 e. The fourth-order valence-corrected chi connectivity index (χ4v) is 2.47. The van der Waals surface area contributed by atoms with Gasteiger partial charge in [-0.3, -0.25) is 9.59 Å². The molecule has 1 aliphatic carbocycles. The second kappa shape index (κ2) is 14.2. The minimum absolute atomic E-state index is 0.135. The zero-order chi connectivity index (χ0) is 15.9. The van der Waals surface area contributed by atoms with Gasteiger partial charge in [-0.1, -0.05) is 58.8 Å². The molecule has 124 valence electrons. The first-order valence-electron chi connectivity index (χ1n) is 8.91. The Labute approximate surface area is 131 Å². The molecule has 1 unspecified atom stereocenters. The van der Waals surface area contributed by atoms with Crippen molar-refractivity contribution in [2.75, 3.05) is 0 Å². The third kappa shape index (κ3) is 12.7. The van der Waals surface area contributed by atoms with Crippen molar-refractivity contribution in [2.24, 2.45) is 5.73 Å². The molecule has 0 heterocycles. The molecule has 0 spiro atoms. The molecule has 1 fully saturated rings. The van der Waals surface area contributed by atoms with Gasteiger partial charge in [-0.2, -0.15) is 0 Å². The van der Waals surface area contributed by atoms with Crippen LogP contribution in [0.2, 0.25) is 0 Å². The van der Waals surface area contributed by atoms with Crippen LogP contribution in [-0.4, -0.2) is 17.6 Å². The molecule has 2 N–H and O–H groups in total. The molecule has 3 heteroatoms. The topological polar surface area (TPSA) is 60.2 Å². The third-order valence-electron chi connectivity index (χ3n) is 4.06. The molecule has 0 aromatic rings. The fraction of sp³-hybridized carbons (Fsp3) is 0.889. The Morgan fingerprint density at radius 3 is 2.14 bits per heavy atom. The Morgan fingerprint density at radius 2 is 1.67 bits per heavy atom. The SMILES string of the molecule is CCCCCCCCCC(=O)CC.NC1CCCCC1=O. The molecule has 0 bridgehead atoms. The highest BCUT2D eigenvalue weighted by atomic mass is 16.1. The Hall–Kier alpha value is -0.700. The molecule has 1 saturated carbocycles. The van der Waals surface area contributed by atoms with E-state index in [2.05, 4.69) is 6.92 Å². The summed E-state index contributed by atoms with van der Waals surface area (Å²) in [6, 6.07) is -0.135. The van der Waals surface area contributed by atoms with Crippen molar-refractivity contribution < 1.29 is 9.59 Å². The van der Waals surface area contributed by atoms with Gasteiger partial charge in [0.1, 0.15) is 11.6 Å². The number of ketones is 2. The van der Waals surface area contributed by atoms with Crippen LogP contribution in [-0.2, 0) is 9.59 Å². The van der Waals surface area contributed by atoms with E-state index in [9.17, 15) is 9.59 Å². The zero-order valence-corrected chi connectivity index (χ0v) is 14.2. The molecule has 0 radical (unpaired) electrons. The second-order valence-corrected chi connectivity index (χ2v) is 6.08.